The minimum atomic E-state index is 0.152. The molecule has 0 aromatic heterocycles. The van der Waals surface area contributed by atoms with Crippen LogP contribution < -0.4 is 0 Å². The maximum Gasteiger partial charge on any atom is 0.233 e. The van der Waals surface area contributed by atoms with E-state index in [1.54, 1.807) is 11.8 Å². The van der Waals surface area contributed by atoms with Crippen LogP contribution in [0.3, 0.4) is 0 Å². The van der Waals surface area contributed by atoms with Crippen LogP contribution in [0.25, 0.3) is 0 Å². The van der Waals surface area contributed by atoms with Gasteiger partial charge in [0.2, 0.25) is 5.91 Å². The van der Waals surface area contributed by atoms with Crippen molar-refractivity contribution in [2.24, 2.45) is 0 Å². The molecular weight excluding hydrogens is 304 g/mol. The second-order valence-electron chi connectivity index (χ2n) is 5.70. The van der Waals surface area contributed by atoms with Crippen molar-refractivity contribution in [3.8, 4) is 0 Å². The predicted molar refractivity (Wildman–Crippen MR) is 88.7 cm³/mol. The first-order valence-corrected chi connectivity index (χ1v) is 9.05. The zero-order valence-electron chi connectivity index (χ0n) is 12.1. The van der Waals surface area contributed by atoms with E-state index in [9.17, 15) is 4.79 Å². The number of nitrogens with zero attached hydrogens (tertiary/aromatic N) is 2. The molecule has 0 saturated carbocycles. The highest BCUT2D eigenvalue weighted by molar-refractivity contribution is 8.00. The minimum absolute atomic E-state index is 0.152. The molecule has 0 bridgehead atoms. The molecule has 114 valence electrons. The molecule has 0 aliphatic carbocycles. The second-order valence-corrected chi connectivity index (χ2v) is 7.21. The van der Waals surface area contributed by atoms with Crippen LogP contribution in [-0.4, -0.2) is 47.6 Å². The summed E-state index contributed by atoms with van der Waals surface area (Å²) >= 11 is 7.67. The van der Waals surface area contributed by atoms with E-state index in [1.165, 1.54) is 37.9 Å². The maximum atomic E-state index is 12.2. The van der Waals surface area contributed by atoms with Crippen LogP contribution >= 0.6 is 23.4 Å². The number of carbonyl (C=O) groups is 1. The standard InChI is InChI=1S/C16H21ClN2OS/c17-14-6-4-13(5-7-14)16-19(15(20)12-21-16)11-10-18-8-2-1-3-9-18/h4-7,16H,1-3,8-12H2/t16-/m0/s1. The van der Waals surface area contributed by atoms with E-state index in [2.05, 4.69) is 4.90 Å². The highest BCUT2D eigenvalue weighted by Gasteiger charge is 2.32. The van der Waals surface area contributed by atoms with Gasteiger partial charge in [0.05, 0.1) is 5.75 Å². The molecule has 0 spiro atoms. The summed E-state index contributed by atoms with van der Waals surface area (Å²) in [6.45, 7) is 4.19. The molecule has 1 aromatic rings. The van der Waals surface area contributed by atoms with Crippen LogP contribution in [0, 0.1) is 0 Å². The third kappa shape index (κ3) is 3.74. The van der Waals surface area contributed by atoms with Crippen molar-refractivity contribution < 1.29 is 4.79 Å². The summed E-state index contributed by atoms with van der Waals surface area (Å²) < 4.78 is 0. The van der Waals surface area contributed by atoms with Gasteiger partial charge in [-0.15, -0.1) is 11.8 Å². The Hall–Kier alpha value is -0.710. The van der Waals surface area contributed by atoms with Crippen LogP contribution in [-0.2, 0) is 4.79 Å². The van der Waals surface area contributed by atoms with Gasteiger partial charge in [0.1, 0.15) is 5.37 Å². The van der Waals surface area contributed by atoms with Gasteiger partial charge in [-0.1, -0.05) is 30.2 Å². The smallest absolute Gasteiger partial charge is 0.233 e. The summed E-state index contributed by atoms with van der Waals surface area (Å²) in [5.74, 6) is 0.852. The van der Waals surface area contributed by atoms with E-state index < -0.39 is 0 Å². The molecule has 2 aliphatic rings. The van der Waals surface area contributed by atoms with Crippen LogP contribution in [0.1, 0.15) is 30.2 Å². The molecule has 2 aliphatic heterocycles. The zero-order valence-corrected chi connectivity index (χ0v) is 13.7. The summed E-state index contributed by atoms with van der Waals surface area (Å²) in [7, 11) is 0. The molecule has 0 unspecified atom stereocenters. The number of rotatable bonds is 4. The number of carbonyl (C=O) groups excluding carboxylic acids is 1. The number of piperidine rings is 1. The Labute approximate surface area is 135 Å². The number of thioether (sulfide) groups is 1. The number of likely N-dealkylation sites (tertiary alicyclic amines) is 1. The molecule has 2 heterocycles. The maximum absolute atomic E-state index is 12.2. The van der Waals surface area contributed by atoms with Gasteiger partial charge in [-0.05, 0) is 43.6 Å². The van der Waals surface area contributed by atoms with Gasteiger partial charge in [0, 0.05) is 18.1 Å². The normalized spacial score (nSPS) is 23.8. The summed E-state index contributed by atoms with van der Waals surface area (Å²) in [6.07, 6.45) is 3.94. The fourth-order valence-corrected chi connectivity index (χ4v) is 4.38. The molecule has 1 amide bonds. The zero-order chi connectivity index (χ0) is 14.7. The van der Waals surface area contributed by atoms with E-state index in [-0.39, 0.29) is 11.3 Å². The van der Waals surface area contributed by atoms with Crippen molar-refractivity contribution in [3.63, 3.8) is 0 Å². The Morgan fingerprint density at radius 1 is 1.10 bits per heavy atom. The SMILES string of the molecule is O=C1CS[C@@H](c2ccc(Cl)cc2)N1CCN1CCCCC1. The fourth-order valence-electron chi connectivity index (χ4n) is 3.03. The molecular formula is C16H21ClN2OS. The lowest BCUT2D eigenvalue weighted by Crippen LogP contribution is -2.39. The Morgan fingerprint density at radius 3 is 2.52 bits per heavy atom. The molecule has 1 aromatic carbocycles. The summed E-state index contributed by atoms with van der Waals surface area (Å²) in [6, 6.07) is 7.88. The summed E-state index contributed by atoms with van der Waals surface area (Å²) in [5, 5.41) is 0.896. The molecule has 0 radical (unpaired) electrons. The van der Waals surface area contributed by atoms with Crippen LogP contribution in [0.2, 0.25) is 5.02 Å². The van der Waals surface area contributed by atoms with Crippen LogP contribution in [0.5, 0.6) is 0 Å². The topological polar surface area (TPSA) is 23.6 Å². The van der Waals surface area contributed by atoms with E-state index in [1.807, 2.05) is 29.2 Å². The van der Waals surface area contributed by atoms with Gasteiger partial charge in [0.25, 0.3) is 0 Å². The quantitative estimate of drug-likeness (QED) is 0.848. The van der Waals surface area contributed by atoms with Crippen molar-refractivity contribution in [3.05, 3.63) is 34.9 Å². The van der Waals surface area contributed by atoms with E-state index in [4.69, 9.17) is 11.6 Å². The number of hydrogen-bond acceptors (Lipinski definition) is 3. The molecule has 2 saturated heterocycles. The Kier molecular flexibility index (Phi) is 5.09. The van der Waals surface area contributed by atoms with Gasteiger partial charge >= 0.3 is 0 Å². The van der Waals surface area contributed by atoms with Gasteiger partial charge in [-0.2, -0.15) is 0 Å². The van der Waals surface area contributed by atoms with Gasteiger partial charge in [0.15, 0.2) is 0 Å². The third-order valence-corrected chi connectivity index (χ3v) is 5.74. The van der Waals surface area contributed by atoms with Gasteiger partial charge in [-0.25, -0.2) is 0 Å². The van der Waals surface area contributed by atoms with Crippen molar-refractivity contribution >= 4 is 29.3 Å². The number of halogens is 1. The lowest BCUT2D eigenvalue weighted by atomic mass is 10.1. The highest BCUT2D eigenvalue weighted by atomic mass is 35.5. The average molecular weight is 325 g/mol. The van der Waals surface area contributed by atoms with Crippen LogP contribution in [0.15, 0.2) is 24.3 Å². The van der Waals surface area contributed by atoms with Gasteiger partial charge < -0.3 is 9.80 Å². The Morgan fingerprint density at radius 2 is 1.81 bits per heavy atom. The van der Waals surface area contributed by atoms with Crippen molar-refractivity contribution in [1.82, 2.24) is 9.80 Å². The first-order valence-electron chi connectivity index (χ1n) is 7.63. The molecule has 2 fully saturated rings. The summed E-state index contributed by atoms with van der Waals surface area (Å²) in [4.78, 5) is 16.7. The van der Waals surface area contributed by atoms with Crippen molar-refractivity contribution in [2.45, 2.75) is 24.6 Å². The first-order chi connectivity index (χ1) is 10.2. The highest BCUT2D eigenvalue weighted by Crippen LogP contribution is 2.38. The van der Waals surface area contributed by atoms with Gasteiger partial charge in [-0.3, -0.25) is 4.79 Å². The monoisotopic (exact) mass is 324 g/mol. The Balaban J connectivity index is 1.63. The molecule has 5 heteroatoms. The van der Waals surface area contributed by atoms with Crippen molar-refractivity contribution in [1.29, 1.82) is 0 Å². The fraction of sp³-hybridized carbons (Fsp3) is 0.562. The molecule has 3 rings (SSSR count). The van der Waals surface area contributed by atoms with Crippen LogP contribution in [0.4, 0.5) is 0 Å². The molecule has 1 atom stereocenters. The molecule has 0 N–H and O–H groups in total. The molecule has 21 heavy (non-hydrogen) atoms. The van der Waals surface area contributed by atoms with E-state index in [0.29, 0.717) is 5.75 Å². The number of benzene rings is 1. The van der Waals surface area contributed by atoms with Crippen molar-refractivity contribution in [2.75, 3.05) is 31.9 Å². The largest absolute Gasteiger partial charge is 0.325 e. The number of amides is 1. The first kappa shape index (κ1) is 15.2. The van der Waals surface area contributed by atoms with E-state index >= 15 is 0 Å². The molecule has 3 nitrogen and oxygen atoms in total. The third-order valence-electron chi connectivity index (χ3n) is 4.23. The Bertz CT molecular complexity index is 488. The minimum Gasteiger partial charge on any atom is -0.325 e. The lowest BCUT2D eigenvalue weighted by Gasteiger charge is -2.30. The predicted octanol–water partition coefficient (Wildman–Crippen LogP) is 3.40. The lowest BCUT2D eigenvalue weighted by molar-refractivity contribution is -0.128. The average Bonchev–Trinajstić information content (AvgIpc) is 2.88. The second kappa shape index (κ2) is 7.03. The number of hydrogen-bond donors (Lipinski definition) is 0. The van der Waals surface area contributed by atoms with E-state index in [0.717, 1.165) is 18.1 Å². The summed E-state index contributed by atoms with van der Waals surface area (Å²) in [5.41, 5.74) is 1.17.